The number of aliphatic hydroxyl groups is 1. The quantitative estimate of drug-likeness (QED) is 0.758. The van der Waals surface area contributed by atoms with Crippen LogP contribution in [0.5, 0.6) is 0 Å². The topological polar surface area (TPSA) is 35.9 Å². The van der Waals surface area contributed by atoms with Crippen LogP contribution in [0.4, 0.5) is 0 Å². The molecule has 0 spiro atoms. The van der Waals surface area contributed by atoms with Gasteiger partial charge in [0.05, 0.1) is 19.8 Å². The molecule has 1 N–H and O–H groups in total. The number of nitrogens with zero attached hydrogens (tertiary/aromatic N) is 2. The average molecular weight is 304 g/mol. The maximum absolute atomic E-state index is 9.45. The van der Waals surface area contributed by atoms with Gasteiger partial charge in [-0.3, -0.25) is 0 Å². The molecule has 0 amide bonds. The number of aliphatic hydroxyl groups excluding tert-OH is 1. The Morgan fingerprint density at radius 3 is 2.45 bits per heavy atom. The van der Waals surface area contributed by atoms with Crippen LogP contribution in [0.3, 0.4) is 0 Å². The molecule has 122 valence electrons. The van der Waals surface area contributed by atoms with Crippen LogP contribution in [-0.4, -0.2) is 54.8 Å². The molecule has 0 bridgehead atoms. The Labute approximate surface area is 134 Å². The van der Waals surface area contributed by atoms with E-state index in [0.29, 0.717) is 0 Å². The molecule has 1 aromatic carbocycles. The molecule has 0 aliphatic carbocycles. The van der Waals surface area contributed by atoms with Crippen molar-refractivity contribution in [3.63, 3.8) is 0 Å². The van der Waals surface area contributed by atoms with Crippen LogP contribution in [0, 0.1) is 5.41 Å². The number of hydrogen-bond acceptors (Lipinski definition) is 4. The molecule has 0 aromatic heterocycles. The summed E-state index contributed by atoms with van der Waals surface area (Å²) in [5.74, 6) is 0. The van der Waals surface area contributed by atoms with E-state index in [2.05, 4.69) is 36.4 Å². The van der Waals surface area contributed by atoms with E-state index in [4.69, 9.17) is 4.74 Å². The first-order valence-corrected chi connectivity index (χ1v) is 7.93. The van der Waals surface area contributed by atoms with E-state index >= 15 is 0 Å². The summed E-state index contributed by atoms with van der Waals surface area (Å²) < 4.78 is 5.50. The Bertz CT molecular complexity index is 486. The van der Waals surface area contributed by atoms with Gasteiger partial charge in [-0.1, -0.05) is 30.8 Å². The van der Waals surface area contributed by atoms with E-state index in [1.54, 1.807) is 0 Å². The third kappa shape index (κ3) is 4.09. The lowest BCUT2D eigenvalue weighted by Crippen LogP contribution is -2.55. The summed E-state index contributed by atoms with van der Waals surface area (Å²) in [6, 6.07) is 8.08. The standard InChI is InChI=1S/C18H28N2O2/c1-4-20(5-2)13-18(14-22-15-18)12-19(3)10-16-8-6-7-9-17(16)11-21/h4,6-9,21H,1,5,10-15H2,2-3H3. The molecule has 0 unspecified atom stereocenters. The van der Waals surface area contributed by atoms with E-state index in [0.717, 1.165) is 45.0 Å². The van der Waals surface area contributed by atoms with Crippen LogP contribution >= 0.6 is 0 Å². The van der Waals surface area contributed by atoms with Gasteiger partial charge >= 0.3 is 0 Å². The predicted molar refractivity (Wildman–Crippen MR) is 89.4 cm³/mol. The fourth-order valence-electron chi connectivity index (χ4n) is 3.14. The fourth-order valence-corrected chi connectivity index (χ4v) is 3.14. The Morgan fingerprint density at radius 2 is 1.95 bits per heavy atom. The molecule has 1 aromatic rings. The Hall–Kier alpha value is -1.36. The van der Waals surface area contributed by atoms with Crippen LogP contribution in [0.1, 0.15) is 18.1 Å². The third-order valence-corrected chi connectivity index (χ3v) is 4.35. The molecule has 2 rings (SSSR count). The van der Waals surface area contributed by atoms with Crippen LogP contribution in [0.25, 0.3) is 0 Å². The largest absolute Gasteiger partial charge is 0.392 e. The van der Waals surface area contributed by atoms with E-state index in [9.17, 15) is 5.11 Å². The summed E-state index contributed by atoms with van der Waals surface area (Å²) in [6.45, 7) is 11.5. The normalized spacial score (nSPS) is 16.4. The van der Waals surface area contributed by atoms with Gasteiger partial charge in [-0.15, -0.1) is 0 Å². The highest BCUT2D eigenvalue weighted by Crippen LogP contribution is 2.30. The van der Waals surface area contributed by atoms with Crippen molar-refractivity contribution in [1.82, 2.24) is 9.80 Å². The first-order valence-electron chi connectivity index (χ1n) is 7.93. The van der Waals surface area contributed by atoms with Crippen molar-refractivity contribution in [3.05, 3.63) is 48.2 Å². The fraction of sp³-hybridized carbons (Fsp3) is 0.556. The lowest BCUT2D eigenvalue weighted by atomic mass is 9.84. The zero-order chi connectivity index (χ0) is 16.0. The first kappa shape index (κ1) is 17.0. The van der Waals surface area contributed by atoms with Gasteiger partial charge in [0, 0.05) is 31.6 Å². The second-order valence-electron chi connectivity index (χ2n) is 6.34. The van der Waals surface area contributed by atoms with Gasteiger partial charge in [0.2, 0.25) is 0 Å². The average Bonchev–Trinajstić information content (AvgIpc) is 2.50. The van der Waals surface area contributed by atoms with E-state index < -0.39 is 0 Å². The first-order chi connectivity index (χ1) is 10.6. The highest BCUT2D eigenvalue weighted by molar-refractivity contribution is 5.26. The third-order valence-electron chi connectivity index (χ3n) is 4.35. The number of benzene rings is 1. The SMILES string of the molecule is C=CN(CC)CC1(CN(C)Cc2ccccc2CO)COC1. The summed E-state index contributed by atoms with van der Waals surface area (Å²) in [5.41, 5.74) is 2.39. The van der Waals surface area contributed by atoms with Gasteiger partial charge < -0.3 is 19.6 Å². The summed E-state index contributed by atoms with van der Waals surface area (Å²) in [5, 5.41) is 9.45. The molecule has 1 aliphatic rings. The maximum atomic E-state index is 9.45. The van der Waals surface area contributed by atoms with Crippen LogP contribution in [0.2, 0.25) is 0 Å². The van der Waals surface area contributed by atoms with Crippen molar-refractivity contribution in [3.8, 4) is 0 Å². The highest BCUT2D eigenvalue weighted by Gasteiger charge is 2.40. The van der Waals surface area contributed by atoms with Crippen molar-refractivity contribution in [1.29, 1.82) is 0 Å². The molecule has 22 heavy (non-hydrogen) atoms. The molecule has 1 heterocycles. The summed E-state index contributed by atoms with van der Waals surface area (Å²) in [7, 11) is 2.14. The molecule has 0 atom stereocenters. The molecule has 0 radical (unpaired) electrons. The number of ether oxygens (including phenoxy) is 1. The molecule has 4 heteroatoms. The minimum absolute atomic E-state index is 0.0956. The van der Waals surface area contributed by atoms with Crippen molar-refractivity contribution in [2.24, 2.45) is 5.41 Å². The Morgan fingerprint density at radius 1 is 1.27 bits per heavy atom. The van der Waals surface area contributed by atoms with Crippen molar-refractivity contribution in [2.45, 2.75) is 20.1 Å². The van der Waals surface area contributed by atoms with Gasteiger partial charge in [-0.2, -0.15) is 0 Å². The molecule has 1 saturated heterocycles. The van der Waals surface area contributed by atoms with Gasteiger partial charge in [-0.05, 0) is 31.3 Å². The second-order valence-corrected chi connectivity index (χ2v) is 6.34. The van der Waals surface area contributed by atoms with Gasteiger partial charge in [0.25, 0.3) is 0 Å². The lowest BCUT2D eigenvalue weighted by Gasteiger charge is -2.46. The lowest BCUT2D eigenvalue weighted by molar-refractivity contribution is -0.133. The zero-order valence-corrected chi connectivity index (χ0v) is 13.8. The summed E-state index contributed by atoms with van der Waals surface area (Å²) in [4.78, 5) is 4.58. The molecular formula is C18H28N2O2. The van der Waals surface area contributed by atoms with Crippen molar-refractivity contribution in [2.75, 3.05) is 39.9 Å². The molecule has 1 fully saturated rings. The maximum Gasteiger partial charge on any atom is 0.0685 e. The number of hydrogen-bond donors (Lipinski definition) is 1. The van der Waals surface area contributed by atoms with Gasteiger partial charge in [0.1, 0.15) is 0 Å². The zero-order valence-electron chi connectivity index (χ0n) is 13.8. The predicted octanol–water partition coefficient (Wildman–Crippen LogP) is 2.09. The van der Waals surface area contributed by atoms with Crippen molar-refractivity contribution < 1.29 is 9.84 Å². The van der Waals surface area contributed by atoms with Gasteiger partial charge in [-0.25, -0.2) is 0 Å². The molecule has 1 aliphatic heterocycles. The summed E-state index contributed by atoms with van der Waals surface area (Å²) in [6.07, 6.45) is 1.92. The number of rotatable bonds is 9. The Kier molecular flexibility index (Phi) is 6.00. The minimum atomic E-state index is 0.0956. The van der Waals surface area contributed by atoms with Crippen molar-refractivity contribution >= 4 is 0 Å². The molecule has 4 nitrogen and oxygen atoms in total. The summed E-state index contributed by atoms with van der Waals surface area (Å²) >= 11 is 0. The Balaban J connectivity index is 1.97. The van der Waals surface area contributed by atoms with Crippen LogP contribution < -0.4 is 0 Å². The second kappa shape index (κ2) is 7.77. The highest BCUT2D eigenvalue weighted by atomic mass is 16.5. The van der Waals surface area contributed by atoms with Crippen LogP contribution in [-0.2, 0) is 17.9 Å². The smallest absolute Gasteiger partial charge is 0.0685 e. The van der Waals surface area contributed by atoms with E-state index in [-0.39, 0.29) is 12.0 Å². The minimum Gasteiger partial charge on any atom is -0.392 e. The molecule has 0 saturated carbocycles. The molecular weight excluding hydrogens is 276 g/mol. The van der Waals surface area contributed by atoms with E-state index in [1.165, 1.54) is 5.56 Å². The monoisotopic (exact) mass is 304 g/mol. The van der Waals surface area contributed by atoms with Crippen LogP contribution in [0.15, 0.2) is 37.0 Å². The van der Waals surface area contributed by atoms with E-state index in [1.807, 2.05) is 24.4 Å². The van der Waals surface area contributed by atoms with Gasteiger partial charge in [0.15, 0.2) is 0 Å².